The summed E-state index contributed by atoms with van der Waals surface area (Å²) in [5.41, 5.74) is 3.28. The molecule has 31 heavy (non-hydrogen) atoms. The number of aryl methyl sites for hydroxylation is 1. The molecule has 9 nitrogen and oxygen atoms in total. The normalized spacial score (nSPS) is 18.4. The largest absolute Gasteiger partial charge is 0.346 e. The number of hydrogen-bond donors (Lipinski definition) is 3. The number of hydrogen-bond acceptors (Lipinski definition) is 5. The molecule has 0 unspecified atom stereocenters. The zero-order valence-electron chi connectivity index (χ0n) is 16.9. The lowest BCUT2D eigenvalue weighted by Gasteiger charge is -2.19. The fourth-order valence-electron chi connectivity index (χ4n) is 4.05. The van der Waals surface area contributed by atoms with Crippen LogP contribution in [-0.2, 0) is 0 Å². The number of benzene rings is 1. The number of H-pyrrole nitrogens is 2. The number of likely N-dealkylation sites (tertiary alicyclic amines) is 1. The van der Waals surface area contributed by atoms with Crippen molar-refractivity contribution >= 4 is 22.8 Å². The molecule has 4 heterocycles. The van der Waals surface area contributed by atoms with Gasteiger partial charge in [-0.15, -0.1) is 0 Å². The van der Waals surface area contributed by atoms with Gasteiger partial charge in [-0.25, -0.2) is 15.0 Å². The van der Waals surface area contributed by atoms with Crippen LogP contribution in [0.5, 0.6) is 0 Å². The molecule has 156 valence electrons. The zero-order valence-corrected chi connectivity index (χ0v) is 16.9. The third-order valence-electron chi connectivity index (χ3n) is 5.62. The van der Waals surface area contributed by atoms with E-state index >= 15 is 0 Å². The van der Waals surface area contributed by atoms with Gasteiger partial charge in [0.05, 0.1) is 35.8 Å². The van der Waals surface area contributed by atoms with Crippen LogP contribution < -0.4 is 5.32 Å². The first-order chi connectivity index (χ1) is 15.1. The van der Waals surface area contributed by atoms with Crippen molar-refractivity contribution in [3.05, 3.63) is 77.9 Å². The molecule has 0 spiro atoms. The van der Waals surface area contributed by atoms with Crippen LogP contribution in [0.3, 0.4) is 0 Å². The maximum atomic E-state index is 13.2. The Balaban J connectivity index is 1.40. The monoisotopic (exact) mass is 415 g/mol. The number of imidazole rings is 2. The molecule has 5 rings (SSSR count). The summed E-state index contributed by atoms with van der Waals surface area (Å²) in [6.45, 7) is 2.66. The summed E-state index contributed by atoms with van der Waals surface area (Å²) in [6.07, 6.45) is 4.70. The van der Waals surface area contributed by atoms with Crippen LogP contribution in [0.2, 0.25) is 0 Å². The van der Waals surface area contributed by atoms with Crippen molar-refractivity contribution in [2.75, 3.05) is 13.1 Å². The minimum absolute atomic E-state index is 0.0350. The van der Waals surface area contributed by atoms with E-state index in [1.165, 1.54) is 6.20 Å². The van der Waals surface area contributed by atoms with E-state index in [2.05, 4.69) is 30.2 Å². The van der Waals surface area contributed by atoms with Gasteiger partial charge in [0.25, 0.3) is 11.8 Å². The summed E-state index contributed by atoms with van der Waals surface area (Å²) in [7, 11) is 0. The van der Waals surface area contributed by atoms with E-state index in [1.54, 1.807) is 30.4 Å². The molecule has 3 N–H and O–H groups in total. The molecule has 9 heteroatoms. The number of nitrogens with zero attached hydrogens (tertiary/aromatic N) is 4. The standard InChI is InChI=1S/C22H21N7O2/c1-13-23-9-19(27-13)21(30)28-20-11-29(10-15(20)14-5-3-2-4-6-14)22(31)17-7-16-18(8-24-17)26-12-25-16/h2-9,12,15,20H,10-11H2,1H3,(H,23,27)(H,25,26)(H,28,30)/t15-,20+/m0/s1. The van der Waals surface area contributed by atoms with Crippen molar-refractivity contribution in [3.8, 4) is 0 Å². The Labute approximate surface area is 177 Å². The van der Waals surface area contributed by atoms with E-state index in [-0.39, 0.29) is 23.8 Å². The van der Waals surface area contributed by atoms with Crippen LogP contribution in [0.25, 0.3) is 11.0 Å². The van der Waals surface area contributed by atoms with Gasteiger partial charge in [-0.05, 0) is 18.6 Å². The molecular formula is C22H21N7O2. The van der Waals surface area contributed by atoms with Gasteiger partial charge in [0.1, 0.15) is 17.2 Å². The number of aromatic amines is 2. The molecular weight excluding hydrogens is 394 g/mol. The predicted octanol–water partition coefficient (Wildman–Crippen LogP) is 2.03. The third kappa shape index (κ3) is 3.65. The van der Waals surface area contributed by atoms with Crippen molar-refractivity contribution in [1.29, 1.82) is 0 Å². The van der Waals surface area contributed by atoms with Gasteiger partial charge in [-0.3, -0.25) is 9.59 Å². The van der Waals surface area contributed by atoms with Crippen molar-refractivity contribution in [2.45, 2.75) is 18.9 Å². The number of nitrogens with one attached hydrogen (secondary N) is 3. The Morgan fingerprint density at radius 2 is 1.94 bits per heavy atom. The topological polar surface area (TPSA) is 120 Å². The molecule has 1 fully saturated rings. The van der Waals surface area contributed by atoms with E-state index in [0.29, 0.717) is 35.8 Å². The van der Waals surface area contributed by atoms with Gasteiger partial charge in [0, 0.05) is 19.0 Å². The van der Waals surface area contributed by atoms with E-state index in [0.717, 1.165) is 11.1 Å². The van der Waals surface area contributed by atoms with Crippen molar-refractivity contribution in [3.63, 3.8) is 0 Å². The summed E-state index contributed by atoms with van der Waals surface area (Å²) in [6, 6.07) is 11.4. The van der Waals surface area contributed by atoms with Crippen molar-refractivity contribution < 1.29 is 9.59 Å². The highest BCUT2D eigenvalue weighted by molar-refractivity contribution is 5.96. The van der Waals surface area contributed by atoms with Crippen LogP contribution in [-0.4, -0.2) is 60.8 Å². The van der Waals surface area contributed by atoms with Gasteiger partial charge < -0.3 is 20.2 Å². The third-order valence-corrected chi connectivity index (χ3v) is 5.62. The van der Waals surface area contributed by atoms with Gasteiger partial charge >= 0.3 is 0 Å². The molecule has 3 aromatic heterocycles. The second-order valence-electron chi connectivity index (χ2n) is 7.68. The number of carbonyl (C=O) groups excluding carboxylic acids is 2. The first kappa shape index (κ1) is 19.0. The summed E-state index contributed by atoms with van der Waals surface area (Å²) in [5, 5.41) is 3.08. The second kappa shape index (κ2) is 7.67. The van der Waals surface area contributed by atoms with Gasteiger partial charge in [-0.1, -0.05) is 30.3 Å². The second-order valence-corrected chi connectivity index (χ2v) is 7.68. The number of aromatic nitrogens is 5. The van der Waals surface area contributed by atoms with Crippen molar-refractivity contribution in [1.82, 2.24) is 35.1 Å². The lowest BCUT2D eigenvalue weighted by Crippen LogP contribution is -2.40. The summed E-state index contributed by atoms with van der Waals surface area (Å²) in [5.74, 6) is 0.219. The van der Waals surface area contributed by atoms with Gasteiger partial charge in [0.15, 0.2) is 0 Å². The number of carbonyl (C=O) groups is 2. The van der Waals surface area contributed by atoms with Crippen LogP contribution in [0.4, 0.5) is 0 Å². The van der Waals surface area contributed by atoms with Crippen LogP contribution in [0, 0.1) is 6.92 Å². The number of pyridine rings is 1. The van der Waals surface area contributed by atoms with Crippen molar-refractivity contribution in [2.24, 2.45) is 0 Å². The maximum absolute atomic E-state index is 13.2. The summed E-state index contributed by atoms with van der Waals surface area (Å²) in [4.78, 5) is 46.2. The Morgan fingerprint density at radius 1 is 1.10 bits per heavy atom. The highest BCUT2D eigenvalue weighted by Crippen LogP contribution is 2.29. The predicted molar refractivity (Wildman–Crippen MR) is 114 cm³/mol. The quantitative estimate of drug-likeness (QED) is 0.471. The number of rotatable bonds is 4. The zero-order chi connectivity index (χ0) is 21.4. The molecule has 0 saturated carbocycles. The minimum atomic E-state index is -0.239. The smallest absolute Gasteiger partial charge is 0.272 e. The van der Waals surface area contributed by atoms with E-state index in [9.17, 15) is 9.59 Å². The lowest BCUT2D eigenvalue weighted by atomic mass is 9.94. The Hall–Kier alpha value is -4.01. The Kier molecular flexibility index (Phi) is 4.70. The highest BCUT2D eigenvalue weighted by atomic mass is 16.2. The van der Waals surface area contributed by atoms with Gasteiger partial charge in [0.2, 0.25) is 0 Å². The fourth-order valence-corrected chi connectivity index (χ4v) is 4.05. The molecule has 1 aliphatic rings. The van der Waals surface area contributed by atoms with E-state index in [1.807, 2.05) is 30.3 Å². The first-order valence-electron chi connectivity index (χ1n) is 10.0. The van der Waals surface area contributed by atoms with Crippen LogP contribution >= 0.6 is 0 Å². The van der Waals surface area contributed by atoms with Crippen LogP contribution in [0.15, 0.2) is 55.1 Å². The molecule has 0 radical (unpaired) electrons. The molecule has 2 amide bonds. The fraction of sp³-hybridized carbons (Fsp3) is 0.227. The number of fused-ring (bicyclic) bond motifs is 1. The first-order valence-corrected chi connectivity index (χ1v) is 10.0. The van der Waals surface area contributed by atoms with E-state index in [4.69, 9.17) is 0 Å². The molecule has 1 aliphatic heterocycles. The number of amides is 2. The average molecular weight is 415 g/mol. The summed E-state index contributed by atoms with van der Waals surface area (Å²) >= 11 is 0. The highest BCUT2D eigenvalue weighted by Gasteiger charge is 2.38. The minimum Gasteiger partial charge on any atom is -0.346 e. The molecule has 0 aliphatic carbocycles. The molecule has 1 saturated heterocycles. The molecule has 0 bridgehead atoms. The van der Waals surface area contributed by atoms with E-state index < -0.39 is 0 Å². The molecule has 1 aromatic carbocycles. The Morgan fingerprint density at radius 3 is 2.71 bits per heavy atom. The SMILES string of the molecule is Cc1ncc(C(=O)N[C@@H]2CN(C(=O)c3cc4nc[nH]c4cn3)C[C@H]2c2ccccc2)[nH]1. The maximum Gasteiger partial charge on any atom is 0.272 e. The summed E-state index contributed by atoms with van der Waals surface area (Å²) < 4.78 is 0. The Bertz CT molecular complexity index is 1250. The van der Waals surface area contributed by atoms with Crippen LogP contribution in [0.1, 0.15) is 38.3 Å². The molecule has 4 aromatic rings. The molecule has 2 atom stereocenters. The van der Waals surface area contributed by atoms with Gasteiger partial charge in [-0.2, -0.15) is 0 Å². The lowest BCUT2D eigenvalue weighted by molar-refractivity contribution is 0.0777. The average Bonchev–Trinajstić information content (AvgIpc) is 3.52.